The molecule has 2 rings (SSSR count). The predicted molar refractivity (Wildman–Crippen MR) is 77.8 cm³/mol. The van der Waals surface area contributed by atoms with Gasteiger partial charge in [0.2, 0.25) is 0 Å². The summed E-state index contributed by atoms with van der Waals surface area (Å²) in [5.41, 5.74) is 2.57. The van der Waals surface area contributed by atoms with E-state index in [4.69, 9.17) is 0 Å². The van der Waals surface area contributed by atoms with Crippen molar-refractivity contribution in [3.8, 4) is 10.4 Å². The summed E-state index contributed by atoms with van der Waals surface area (Å²) in [4.78, 5) is 1.34. The average Bonchev–Trinajstić information content (AvgIpc) is 2.89. The minimum atomic E-state index is 1.07. The molecule has 0 saturated heterocycles. The van der Waals surface area contributed by atoms with E-state index in [9.17, 15) is 0 Å². The molecule has 1 heterocycles. The van der Waals surface area contributed by atoms with E-state index in [0.29, 0.717) is 0 Å². The maximum absolute atomic E-state index is 3.54. The first-order valence-corrected chi connectivity index (χ1v) is 7.16. The molecule has 0 spiro atoms. The van der Waals surface area contributed by atoms with Gasteiger partial charge in [-0.25, -0.2) is 0 Å². The molecule has 1 aromatic carbocycles. The molecule has 0 bridgehead atoms. The van der Waals surface area contributed by atoms with Crippen molar-refractivity contribution in [2.45, 2.75) is 26.2 Å². The van der Waals surface area contributed by atoms with Gasteiger partial charge in [0.15, 0.2) is 0 Å². The van der Waals surface area contributed by atoms with Gasteiger partial charge >= 0.3 is 0 Å². The normalized spacial score (nSPS) is 10.4. The van der Waals surface area contributed by atoms with Crippen molar-refractivity contribution < 1.29 is 0 Å². The molecule has 0 amide bonds. The third-order valence-electron chi connectivity index (χ3n) is 2.81. The lowest BCUT2D eigenvalue weighted by Crippen LogP contribution is -2.02. The first-order valence-electron chi connectivity index (χ1n) is 6.28. The molecule has 1 aromatic heterocycles. The minimum absolute atomic E-state index is 1.07. The first kappa shape index (κ1) is 12.2. The van der Waals surface area contributed by atoms with E-state index < -0.39 is 0 Å². The van der Waals surface area contributed by atoms with Crippen molar-refractivity contribution in [2.75, 3.05) is 11.9 Å². The Bertz CT molecular complexity index is 434. The number of nitrogens with one attached hydrogen (secondary N) is 1. The van der Waals surface area contributed by atoms with Crippen LogP contribution in [-0.4, -0.2) is 6.54 Å². The molecule has 2 aromatic rings. The van der Waals surface area contributed by atoms with Gasteiger partial charge in [-0.2, -0.15) is 0 Å². The van der Waals surface area contributed by atoms with Gasteiger partial charge in [-0.15, -0.1) is 11.3 Å². The van der Waals surface area contributed by atoms with Gasteiger partial charge in [0.25, 0.3) is 0 Å². The van der Waals surface area contributed by atoms with Gasteiger partial charge in [0, 0.05) is 22.7 Å². The maximum atomic E-state index is 3.54. The Morgan fingerprint density at radius 2 is 1.94 bits per heavy atom. The highest BCUT2D eigenvalue weighted by molar-refractivity contribution is 7.13. The zero-order chi connectivity index (χ0) is 11.9. The highest BCUT2D eigenvalue weighted by Gasteiger charge is 2.04. The van der Waals surface area contributed by atoms with Crippen LogP contribution < -0.4 is 5.32 Å². The van der Waals surface area contributed by atoms with Crippen molar-refractivity contribution in [3.63, 3.8) is 0 Å². The molecule has 2 heteroatoms. The van der Waals surface area contributed by atoms with E-state index in [1.165, 1.54) is 35.4 Å². The molecule has 0 radical (unpaired) electrons. The number of unbranched alkanes of at least 4 members (excludes halogenated alkanes) is 2. The fourth-order valence-electron chi connectivity index (χ4n) is 1.88. The van der Waals surface area contributed by atoms with E-state index in [0.717, 1.165) is 6.54 Å². The third-order valence-corrected chi connectivity index (χ3v) is 3.71. The Kier molecular flexibility index (Phi) is 4.63. The summed E-state index contributed by atoms with van der Waals surface area (Å²) in [5, 5.41) is 5.67. The molecule has 90 valence electrons. The van der Waals surface area contributed by atoms with Crippen LogP contribution in [0.15, 0.2) is 41.8 Å². The predicted octanol–water partition coefficient (Wildman–Crippen LogP) is 5.02. The quantitative estimate of drug-likeness (QED) is 0.705. The molecular weight excluding hydrogens is 226 g/mol. The van der Waals surface area contributed by atoms with Crippen molar-refractivity contribution in [1.29, 1.82) is 0 Å². The van der Waals surface area contributed by atoms with E-state index >= 15 is 0 Å². The summed E-state index contributed by atoms with van der Waals surface area (Å²) >= 11 is 1.79. The van der Waals surface area contributed by atoms with E-state index in [1.54, 1.807) is 11.3 Å². The zero-order valence-electron chi connectivity index (χ0n) is 10.3. The maximum Gasteiger partial charge on any atom is 0.0428 e. The van der Waals surface area contributed by atoms with Crippen LogP contribution >= 0.6 is 11.3 Å². The lowest BCUT2D eigenvalue weighted by molar-refractivity contribution is 0.744. The molecule has 0 unspecified atom stereocenters. The Balaban J connectivity index is 2.06. The largest absolute Gasteiger partial charge is 0.385 e. The number of anilines is 1. The van der Waals surface area contributed by atoms with Crippen molar-refractivity contribution >= 4 is 17.0 Å². The van der Waals surface area contributed by atoms with Gasteiger partial charge in [-0.3, -0.25) is 0 Å². The Hall–Kier alpha value is -1.28. The molecule has 0 fully saturated rings. The van der Waals surface area contributed by atoms with Crippen LogP contribution in [-0.2, 0) is 0 Å². The van der Waals surface area contributed by atoms with Crippen LogP contribution in [0.3, 0.4) is 0 Å². The Morgan fingerprint density at radius 3 is 2.71 bits per heavy atom. The number of para-hydroxylation sites is 1. The second-order valence-corrected chi connectivity index (χ2v) is 5.10. The molecule has 1 N–H and O–H groups in total. The van der Waals surface area contributed by atoms with Crippen LogP contribution in [0.1, 0.15) is 26.2 Å². The number of hydrogen-bond donors (Lipinski definition) is 1. The number of thiophene rings is 1. The van der Waals surface area contributed by atoms with Gasteiger partial charge in [0.1, 0.15) is 0 Å². The summed E-state index contributed by atoms with van der Waals surface area (Å²) in [6, 6.07) is 12.8. The average molecular weight is 245 g/mol. The SMILES string of the molecule is CCCCCNc1ccccc1-c1cccs1. The second kappa shape index (κ2) is 6.45. The van der Waals surface area contributed by atoms with Gasteiger partial charge in [0.05, 0.1) is 0 Å². The van der Waals surface area contributed by atoms with Gasteiger partial charge < -0.3 is 5.32 Å². The molecular formula is C15H19NS. The molecule has 0 saturated carbocycles. The molecule has 0 atom stereocenters. The van der Waals surface area contributed by atoms with Crippen LogP contribution in [0, 0.1) is 0 Å². The monoisotopic (exact) mass is 245 g/mol. The minimum Gasteiger partial charge on any atom is -0.385 e. The van der Waals surface area contributed by atoms with Gasteiger partial charge in [-0.1, -0.05) is 44.0 Å². The topological polar surface area (TPSA) is 12.0 Å². The third kappa shape index (κ3) is 3.34. The van der Waals surface area contributed by atoms with Gasteiger partial charge in [-0.05, 0) is 23.9 Å². The summed E-state index contributed by atoms with van der Waals surface area (Å²) in [6.45, 7) is 3.30. The van der Waals surface area contributed by atoms with E-state index in [2.05, 4.69) is 54.0 Å². The standard InChI is InChI=1S/C15H19NS/c1-2-3-6-11-16-14-9-5-4-8-13(14)15-10-7-12-17-15/h4-5,7-10,12,16H,2-3,6,11H2,1H3. The molecule has 17 heavy (non-hydrogen) atoms. The highest BCUT2D eigenvalue weighted by atomic mass is 32.1. The smallest absolute Gasteiger partial charge is 0.0428 e. The summed E-state index contributed by atoms with van der Waals surface area (Å²) in [6.07, 6.45) is 3.82. The lowest BCUT2D eigenvalue weighted by atomic mass is 10.1. The van der Waals surface area contributed by atoms with Crippen molar-refractivity contribution in [1.82, 2.24) is 0 Å². The molecule has 0 aliphatic rings. The van der Waals surface area contributed by atoms with Crippen molar-refractivity contribution in [2.24, 2.45) is 0 Å². The summed E-state index contributed by atoms with van der Waals surface area (Å²) in [7, 11) is 0. The fourth-order valence-corrected chi connectivity index (χ4v) is 2.65. The summed E-state index contributed by atoms with van der Waals surface area (Å²) in [5.74, 6) is 0. The second-order valence-electron chi connectivity index (χ2n) is 4.16. The van der Waals surface area contributed by atoms with E-state index in [1.807, 2.05) is 0 Å². The highest BCUT2D eigenvalue weighted by Crippen LogP contribution is 2.31. The molecule has 0 aliphatic carbocycles. The number of hydrogen-bond acceptors (Lipinski definition) is 2. The number of rotatable bonds is 6. The first-order chi connectivity index (χ1) is 8.42. The van der Waals surface area contributed by atoms with Crippen LogP contribution in [0.5, 0.6) is 0 Å². The van der Waals surface area contributed by atoms with Crippen LogP contribution in [0.25, 0.3) is 10.4 Å². The van der Waals surface area contributed by atoms with Crippen LogP contribution in [0.2, 0.25) is 0 Å². The molecule has 0 aliphatic heterocycles. The fraction of sp³-hybridized carbons (Fsp3) is 0.333. The Morgan fingerprint density at radius 1 is 1.06 bits per heavy atom. The van der Waals surface area contributed by atoms with E-state index in [-0.39, 0.29) is 0 Å². The summed E-state index contributed by atoms with van der Waals surface area (Å²) < 4.78 is 0. The molecule has 1 nitrogen and oxygen atoms in total. The van der Waals surface area contributed by atoms with Crippen molar-refractivity contribution in [3.05, 3.63) is 41.8 Å². The Labute approximate surface area is 108 Å². The van der Waals surface area contributed by atoms with Crippen LogP contribution in [0.4, 0.5) is 5.69 Å². The lowest BCUT2D eigenvalue weighted by Gasteiger charge is -2.10. The zero-order valence-corrected chi connectivity index (χ0v) is 11.1. The number of benzene rings is 1.